The van der Waals surface area contributed by atoms with Crippen molar-refractivity contribution in [3.05, 3.63) is 37.9 Å². The van der Waals surface area contributed by atoms with E-state index in [1.165, 1.54) is 22.7 Å². The summed E-state index contributed by atoms with van der Waals surface area (Å²) in [6, 6.07) is 5.75. The zero-order chi connectivity index (χ0) is 20.7. The molecular formula is C20H23N3O3S2. The molecule has 0 fully saturated rings. The molecule has 1 aliphatic heterocycles. The summed E-state index contributed by atoms with van der Waals surface area (Å²) in [6.45, 7) is 9.84. The number of amides is 1. The van der Waals surface area contributed by atoms with Gasteiger partial charge in [0.2, 0.25) is 0 Å². The summed E-state index contributed by atoms with van der Waals surface area (Å²) in [7, 11) is 0. The first-order valence-corrected chi connectivity index (χ1v) is 10.5. The van der Waals surface area contributed by atoms with Gasteiger partial charge in [0.05, 0.1) is 5.56 Å². The van der Waals surface area contributed by atoms with E-state index in [1.54, 1.807) is 6.07 Å². The van der Waals surface area contributed by atoms with Gasteiger partial charge < -0.3 is 15.4 Å². The first-order chi connectivity index (χ1) is 13.0. The van der Waals surface area contributed by atoms with Crippen LogP contribution in [0.5, 0.6) is 0 Å². The van der Waals surface area contributed by atoms with Gasteiger partial charge in [0, 0.05) is 20.8 Å². The SMILES string of the molecule is Cc1ccc(C(=O)OCC(=O)Nc2sc3c(c2C#N)CC(C)(C)NC3(C)C)s1. The largest absolute Gasteiger partial charge is 0.451 e. The molecule has 0 unspecified atom stereocenters. The summed E-state index contributed by atoms with van der Waals surface area (Å²) in [5.74, 6) is -0.979. The van der Waals surface area contributed by atoms with Gasteiger partial charge in [0.25, 0.3) is 5.91 Å². The van der Waals surface area contributed by atoms with Crippen LogP contribution >= 0.6 is 22.7 Å². The Hall–Kier alpha value is -2.21. The summed E-state index contributed by atoms with van der Waals surface area (Å²) in [4.78, 5) is 26.8. The maximum atomic E-state index is 12.3. The first kappa shape index (κ1) is 20.5. The number of fused-ring (bicyclic) bond motifs is 1. The van der Waals surface area contributed by atoms with Crippen molar-refractivity contribution in [1.29, 1.82) is 5.26 Å². The van der Waals surface area contributed by atoms with Gasteiger partial charge in [-0.25, -0.2) is 4.79 Å². The van der Waals surface area contributed by atoms with Crippen LogP contribution in [0.2, 0.25) is 0 Å². The van der Waals surface area contributed by atoms with Gasteiger partial charge in [-0.3, -0.25) is 4.79 Å². The molecule has 0 aliphatic carbocycles. The van der Waals surface area contributed by atoms with Crippen LogP contribution in [0, 0.1) is 18.3 Å². The van der Waals surface area contributed by atoms with E-state index in [2.05, 4.69) is 44.4 Å². The first-order valence-electron chi connectivity index (χ1n) is 8.91. The number of carbonyl (C=O) groups excluding carboxylic acids is 2. The third-order valence-corrected chi connectivity index (χ3v) is 6.94. The minimum absolute atomic E-state index is 0.154. The van der Waals surface area contributed by atoms with Crippen LogP contribution in [0.1, 0.15) is 58.2 Å². The number of rotatable bonds is 4. The fraction of sp³-hybridized carbons (Fsp3) is 0.450. The monoisotopic (exact) mass is 417 g/mol. The van der Waals surface area contributed by atoms with Crippen LogP contribution in [-0.2, 0) is 21.5 Å². The molecule has 0 radical (unpaired) electrons. The number of aryl methyl sites for hydroxylation is 1. The van der Waals surface area contributed by atoms with Crippen LogP contribution in [0.3, 0.4) is 0 Å². The molecular weight excluding hydrogens is 394 g/mol. The molecule has 1 aliphatic rings. The molecule has 148 valence electrons. The lowest BCUT2D eigenvalue weighted by Crippen LogP contribution is -2.54. The molecule has 2 aromatic heterocycles. The molecule has 6 nitrogen and oxygen atoms in total. The maximum Gasteiger partial charge on any atom is 0.348 e. The summed E-state index contributed by atoms with van der Waals surface area (Å²) < 4.78 is 5.09. The summed E-state index contributed by atoms with van der Waals surface area (Å²) >= 11 is 2.72. The number of nitrogens with one attached hydrogen (secondary N) is 2. The molecule has 2 N–H and O–H groups in total. The highest BCUT2D eigenvalue weighted by Gasteiger charge is 2.40. The minimum Gasteiger partial charge on any atom is -0.451 e. The molecule has 0 saturated carbocycles. The van der Waals surface area contributed by atoms with Crippen molar-refractivity contribution in [1.82, 2.24) is 5.32 Å². The van der Waals surface area contributed by atoms with Crippen molar-refractivity contribution in [3.63, 3.8) is 0 Å². The second-order valence-corrected chi connectivity index (χ2v) is 10.4. The van der Waals surface area contributed by atoms with Crippen molar-refractivity contribution in [2.45, 2.75) is 52.1 Å². The smallest absolute Gasteiger partial charge is 0.348 e. The van der Waals surface area contributed by atoms with Gasteiger partial charge in [-0.1, -0.05) is 0 Å². The zero-order valence-electron chi connectivity index (χ0n) is 16.6. The van der Waals surface area contributed by atoms with E-state index in [1.807, 2.05) is 13.0 Å². The van der Waals surface area contributed by atoms with Crippen LogP contribution in [0.4, 0.5) is 5.00 Å². The molecule has 3 heterocycles. The van der Waals surface area contributed by atoms with Crippen molar-refractivity contribution < 1.29 is 14.3 Å². The highest BCUT2D eigenvalue weighted by molar-refractivity contribution is 7.17. The highest BCUT2D eigenvalue weighted by atomic mass is 32.1. The third kappa shape index (κ3) is 4.12. The summed E-state index contributed by atoms with van der Waals surface area (Å²) in [5.41, 5.74) is 1.01. The number of esters is 1. The van der Waals surface area contributed by atoms with Crippen LogP contribution in [0.15, 0.2) is 12.1 Å². The molecule has 28 heavy (non-hydrogen) atoms. The average Bonchev–Trinajstić information content (AvgIpc) is 3.15. The van der Waals surface area contributed by atoms with Gasteiger partial charge in [0.1, 0.15) is 15.9 Å². The predicted octanol–water partition coefficient (Wildman–Crippen LogP) is 3.94. The topological polar surface area (TPSA) is 91.2 Å². The lowest BCUT2D eigenvalue weighted by atomic mass is 9.81. The Bertz CT molecular complexity index is 979. The Morgan fingerprint density at radius 2 is 2.00 bits per heavy atom. The van der Waals surface area contributed by atoms with Crippen LogP contribution in [-0.4, -0.2) is 24.0 Å². The fourth-order valence-electron chi connectivity index (χ4n) is 3.64. The van der Waals surface area contributed by atoms with Gasteiger partial charge in [-0.05, 0) is 58.7 Å². The Morgan fingerprint density at radius 3 is 2.61 bits per heavy atom. The van der Waals surface area contributed by atoms with E-state index in [0.717, 1.165) is 15.3 Å². The highest BCUT2D eigenvalue weighted by Crippen LogP contribution is 2.44. The van der Waals surface area contributed by atoms with Gasteiger partial charge in [-0.2, -0.15) is 5.26 Å². The number of hydrogen-bond donors (Lipinski definition) is 2. The Balaban J connectivity index is 1.74. The number of hydrogen-bond acceptors (Lipinski definition) is 7. The van der Waals surface area contributed by atoms with E-state index in [9.17, 15) is 14.9 Å². The molecule has 0 aromatic carbocycles. The van der Waals surface area contributed by atoms with Crippen molar-refractivity contribution in [2.75, 3.05) is 11.9 Å². The fourth-order valence-corrected chi connectivity index (χ4v) is 5.65. The molecule has 0 spiro atoms. The van der Waals surface area contributed by atoms with Crippen molar-refractivity contribution >= 4 is 39.6 Å². The predicted molar refractivity (Wildman–Crippen MR) is 111 cm³/mol. The van der Waals surface area contributed by atoms with Crippen LogP contribution < -0.4 is 10.6 Å². The number of thiophene rings is 2. The second kappa shape index (κ2) is 7.32. The molecule has 0 atom stereocenters. The van der Waals surface area contributed by atoms with E-state index < -0.39 is 18.5 Å². The van der Waals surface area contributed by atoms with Gasteiger partial charge in [0.15, 0.2) is 6.61 Å². The van der Waals surface area contributed by atoms with E-state index in [0.29, 0.717) is 21.9 Å². The molecule has 2 aromatic rings. The summed E-state index contributed by atoms with van der Waals surface area (Å²) in [5, 5.41) is 16.5. The number of nitrogens with zero attached hydrogens (tertiary/aromatic N) is 1. The third-order valence-electron chi connectivity index (χ3n) is 4.48. The number of nitriles is 1. The summed E-state index contributed by atoms with van der Waals surface area (Å²) in [6.07, 6.45) is 0.702. The van der Waals surface area contributed by atoms with E-state index in [4.69, 9.17) is 4.74 Å². The Kier molecular flexibility index (Phi) is 5.36. The standard InChI is InChI=1S/C20H23N3O3S2/c1-11-6-7-14(27-11)18(25)26-10-15(24)22-17-13(9-21)12-8-19(2,3)23-20(4,5)16(12)28-17/h6-7,23H,8,10H2,1-5H3,(H,22,24). The average molecular weight is 418 g/mol. The van der Waals surface area contributed by atoms with Crippen molar-refractivity contribution in [3.8, 4) is 6.07 Å². The van der Waals surface area contributed by atoms with E-state index in [-0.39, 0.29) is 11.1 Å². The van der Waals surface area contributed by atoms with Crippen LogP contribution in [0.25, 0.3) is 0 Å². The molecule has 8 heteroatoms. The Morgan fingerprint density at radius 1 is 1.29 bits per heavy atom. The molecule has 3 rings (SSSR count). The maximum absolute atomic E-state index is 12.3. The number of anilines is 1. The van der Waals surface area contributed by atoms with E-state index >= 15 is 0 Å². The molecule has 0 bridgehead atoms. The zero-order valence-corrected chi connectivity index (χ0v) is 18.2. The van der Waals surface area contributed by atoms with Gasteiger partial charge >= 0.3 is 5.97 Å². The normalized spacial score (nSPS) is 16.7. The Labute approximate surface area is 172 Å². The number of ether oxygens (including phenoxy) is 1. The molecule has 0 saturated heterocycles. The lowest BCUT2D eigenvalue weighted by molar-refractivity contribution is -0.119. The lowest BCUT2D eigenvalue weighted by Gasteiger charge is -2.42. The van der Waals surface area contributed by atoms with Gasteiger partial charge in [-0.15, -0.1) is 22.7 Å². The second-order valence-electron chi connectivity index (χ2n) is 8.07. The minimum atomic E-state index is -0.522. The number of carbonyl (C=O) groups is 2. The quantitative estimate of drug-likeness (QED) is 0.735. The molecule has 1 amide bonds. The van der Waals surface area contributed by atoms with Crippen molar-refractivity contribution in [2.24, 2.45) is 0 Å².